The molecule has 0 radical (unpaired) electrons. The fourth-order valence-electron chi connectivity index (χ4n) is 9.05. The molecule has 0 aromatic rings. The van der Waals surface area contributed by atoms with Crippen molar-refractivity contribution in [1.29, 1.82) is 0 Å². The lowest BCUT2D eigenvalue weighted by Gasteiger charge is -2.59. The Kier molecular flexibility index (Phi) is 5.84. The SMILES string of the molecule is CC(C)C12OC1C1OC13C1(C)CCC4=C(COC4=O)C1CCC3(O)C2OC(=O)CCCCC1CCS(=O)S1. The Morgan fingerprint density at radius 1 is 1.21 bits per heavy atom. The van der Waals surface area contributed by atoms with Crippen molar-refractivity contribution < 1.29 is 37.9 Å². The lowest BCUT2D eigenvalue weighted by atomic mass is 9.45. The normalized spacial score (nSPS) is 50.0. The van der Waals surface area contributed by atoms with Gasteiger partial charge in [-0.05, 0) is 62.4 Å². The summed E-state index contributed by atoms with van der Waals surface area (Å²) in [5, 5.41) is 13.0. The van der Waals surface area contributed by atoms with Crippen LogP contribution in [0, 0.1) is 17.3 Å². The smallest absolute Gasteiger partial charge is 0.334 e. The molecule has 5 fully saturated rings. The fourth-order valence-corrected chi connectivity index (χ4v) is 12.6. The van der Waals surface area contributed by atoms with Crippen LogP contribution in [-0.2, 0) is 38.4 Å². The van der Waals surface area contributed by atoms with Crippen LogP contribution in [0.3, 0.4) is 0 Å². The van der Waals surface area contributed by atoms with Gasteiger partial charge in [-0.15, -0.1) is 0 Å². The third-order valence-corrected chi connectivity index (χ3v) is 14.5. The van der Waals surface area contributed by atoms with Crippen molar-refractivity contribution in [2.24, 2.45) is 17.3 Å². The van der Waals surface area contributed by atoms with Gasteiger partial charge in [0.15, 0.2) is 6.10 Å². The van der Waals surface area contributed by atoms with Crippen LogP contribution in [0.25, 0.3) is 0 Å². The fraction of sp³-hybridized carbons (Fsp3) is 0.857. The number of aliphatic hydroxyl groups is 1. The van der Waals surface area contributed by atoms with E-state index in [9.17, 15) is 18.9 Å². The van der Waals surface area contributed by atoms with E-state index in [1.165, 1.54) is 0 Å². The molecule has 10 heteroatoms. The second kappa shape index (κ2) is 8.54. The van der Waals surface area contributed by atoms with E-state index in [0.29, 0.717) is 44.0 Å². The van der Waals surface area contributed by atoms with Crippen molar-refractivity contribution in [2.75, 3.05) is 12.4 Å². The molecule has 1 spiro atoms. The summed E-state index contributed by atoms with van der Waals surface area (Å²) in [7, 11) is 0.800. The summed E-state index contributed by atoms with van der Waals surface area (Å²) in [6.07, 6.45) is 5.02. The summed E-state index contributed by atoms with van der Waals surface area (Å²) in [5.74, 6) is 0.401. The maximum Gasteiger partial charge on any atom is 0.334 e. The van der Waals surface area contributed by atoms with Crippen molar-refractivity contribution in [3.63, 3.8) is 0 Å². The van der Waals surface area contributed by atoms with Gasteiger partial charge >= 0.3 is 11.9 Å². The summed E-state index contributed by atoms with van der Waals surface area (Å²) in [6.45, 7) is 6.65. The number of epoxide rings is 2. The Hall–Kier alpha value is -0.940. The zero-order chi connectivity index (χ0) is 26.7. The molecule has 8 nitrogen and oxygen atoms in total. The standard InChI is InChI=1S/C28H38O8S2/c1-15(2)27-21(35-27)22-28(36-22)25(3)11-8-17-18(14-33-23(17)30)19(25)9-12-26(28,31)24(27)34-20(29)7-5-4-6-16-10-13-38(32)37-16/h15-16,19,21-22,24,31H,4-14H2,1-3H3. The summed E-state index contributed by atoms with van der Waals surface area (Å²) >= 11 is 0. The van der Waals surface area contributed by atoms with Crippen LogP contribution in [0.15, 0.2) is 11.1 Å². The predicted molar refractivity (Wildman–Crippen MR) is 140 cm³/mol. The number of rotatable bonds is 7. The highest BCUT2D eigenvalue weighted by Gasteiger charge is 2.94. The summed E-state index contributed by atoms with van der Waals surface area (Å²) in [4.78, 5) is 25.5. The zero-order valence-corrected chi connectivity index (χ0v) is 24.0. The molecule has 4 aliphatic heterocycles. The average Bonchev–Trinajstić information content (AvgIpc) is 3.72. The molecule has 0 bridgehead atoms. The van der Waals surface area contributed by atoms with Crippen LogP contribution >= 0.6 is 10.8 Å². The maximum absolute atomic E-state index is 13.2. The van der Waals surface area contributed by atoms with E-state index < -0.39 is 38.2 Å². The van der Waals surface area contributed by atoms with E-state index in [1.54, 1.807) is 10.8 Å². The van der Waals surface area contributed by atoms with E-state index in [1.807, 2.05) is 0 Å². The quantitative estimate of drug-likeness (QED) is 0.214. The minimum absolute atomic E-state index is 0.0452. The molecule has 7 aliphatic rings. The number of carbonyl (C=O) groups excluding carboxylic acids is 2. The highest BCUT2D eigenvalue weighted by atomic mass is 33.1. The molecule has 10 atom stereocenters. The molecule has 0 aromatic carbocycles. The first-order valence-corrected chi connectivity index (χ1v) is 17.0. The Morgan fingerprint density at radius 2 is 2.03 bits per heavy atom. The topological polar surface area (TPSA) is 115 Å². The van der Waals surface area contributed by atoms with E-state index in [4.69, 9.17) is 18.9 Å². The third-order valence-electron chi connectivity index (χ3n) is 11.0. The second-order valence-corrected chi connectivity index (χ2v) is 16.5. The summed E-state index contributed by atoms with van der Waals surface area (Å²) in [6, 6.07) is 0. The predicted octanol–water partition coefficient (Wildman–Crippen LogP) is 3.37. The summed E-state index contributed by atoms with van der Waals surface area (Å²) < 4.78 is 36.3. The van der Waals surface area contributed by atoms with E-state index in [-0.39, 0.29) is 36.0 Å². The van der Waals surface area contributed by atoms with Gasteiger partial charge in [0.2, 0.25) is 0 Å². The Morgan fingerprint density at radius 3 is 2.76 bits per heavy atom. The van der Waals surface area contributed by atoms with Crippen molar-refractivity contribution >= 4 is 32.6 Å². The molecule has 2 saturated carbocycles. The van der Waals surface area contributed by atoms with E-state index in [0.717, 1.165) is 42.6 Å². The van der Waals surface area contributed by atoms with Crippen molar-refractivity contribution in [3.05, 3.63) is 11.1 Å². The number of cyclic esters (lactones) is 1. The van der Waals surface area contributed by atoms with Gasteiger partial charge < -0.3 is 24.1 Å². The minimum atomic E-state index is -1.36. The molecule has 0 amide bonds. The molecule has 3 saturated heterocycles. The second-order valence-electron chi connectivity index (χ2n) is 13.0. The number of ether oxygens (including phenoxy) is 4. The number of esters is 2. The number of hydrogen-bond acceptors (Lipinski definition) is 9. The first kappa shape index (κ1) is 26.0. The monoisotopic (exact) mass is 566 g/mol. The molecule has 3 aliphatic carbocycles. The lowest BCUT2D eigenvalue weighted by molar-refractivity contribution is -0.230. The van der Waals surface area contributed by atoms with Gasteiger partial charge in [0.1, 0.15) is 35.6 Å². The number of fused-ring (bicyclic) bond motifs is 4. The Labute approximate surface area is 229 Å². The van der Waals surface area contributed by atoms with Gasteiger partial charge in [-0.1, -0.05) is 38.0 Å². The van der Waals surface area contributed by atoms with Crippen LogP contribution in [0.4, 0.5) is 0 Å². The Bertz CT molecular complexity index is 1140. The van der Waals surface area contributed by atoms with Crippen LogP contribution in [0.2, 0.25) is 0 Å². The van der Waals surface area contributed by atoms with Gasteiger partial charge in [-0.2, -0.15) is 0 Å². The van der Waals surface area contributed by atoms with E-state index >= 15 is 0 Å². The molecule has 210 valence electrons. The van der Waals surface area contributed by atoms with Crippen LogP contribution in [0.5, 0.6) is 0 Å². The largest absolute Gasteiger partial charge is 0.458 e. The molecule has 10 unspecified atom stereocenters. The molecule has 38 heavy (non-hydrogen) atoms. The summed E-state index contributed by atoms with van der Waals surface area (Å²) in [5.41, 5.74) is -1.49. The molecule has 4 heterocycles. The highest BCUT2D eigenvalue weighted by Crippen LogP contribution is 2.78. The Balaban J connectivity index is 1.12. The van der Waals surface area contributed by atoms with Gasteiger partial charge in [-0.25, -0.2) is 9.00 Å². The van der Waals surface area contributed by atoms with Gasteiger partial charge in [0, 0.05) is 28.4 Å². The minimum Gasteiger partial charge on any atom is -0.458 e. The van der Waals surface area contributed by atoms with Gasteiger partial charge in [0.05, 0.1) is 9.83 Å². The molecule has 1 N–H and O–H groups in total. The first-order chi connectivity index (χ1) is 18.1. The van der Waals surface area contributed by atoms with Crippen molar-refractivity contribution in [2.45, 2.75) is 119 Å². The van der Waals surface area contributed by atoms with Crippen molar-refractivity contribution in [3.8, 4) is 0 Å². The molecular formula is C28H38O8S2. The van der Waals surface area contributed by atoms with Gasteiger partial charge in [0.25, 0.3) is 0 Å². The van der Waals surface area contributed by atoms with Gasteiger partial charge in [-0.3, -0.25) is 4.79 Å². The van der Waals surface area contributed by atoms with Crippen LogP contribution in [0.1, 0.15) is 78.6 Å². The number of carbonyl (C=O) groups is 2. The van der Waals surface area contributed by atoms with E-state index in [2.05, 4.69) is 20.8 Å². The number of unbranched alkanes of at least 4 members (excludes halogenated alkanes) is 1. The number of hydrogen-bond donors (Lipinski definition) is 1. The third kappa shape index (κ3) is 3.24. The molecular weight excluding hydrogens is 528 g/mol. The molecule has 7 rings (SSSR count). The maximum atomic E-state index is 13.2. The average molecular weight is 567 g/mol. The van der Waals surface area contributed by atoms with Crippen LogP contribution < -0.4 is 0 Å². The first-order valence-electron chi connectivity index (χ1n) is 14.3. The van der Waals surface area contributed by atoms with Crippen LogP contribution in [-0.4, -0.2) is 74.0 Å². The lowest BCUT2D eigenvalue weighted by Crippen LogP contribution is -2.74. The zero-order valence-electron chi connectivity index (χ0n) is 22.4. The molecule has 0 aromatic heterocycles. The van der Waals surface area contributed by atoms with Crippen molar-refractivity contribution in [1.82, 2.24) is 0 Å². The highest BCUT2D eigenvalue weighted by molar-refractivity contribution is 8.69.